The van der Waals surface area contributed by atoms with E-state index in [1.807, 2.05) is 0 Å². The minimum absolute atomic E-state index is 0.0277. The minimum Gasteiger partial charge on any atom is -0.464 e. The van der Waals surface area contributed by atoms with Gasteiger partial charge < -0.3 is 10.1 Å². The second kappa shape index (κ2) is 5.91. The van der Waals surface area contributed by atoms with Crippen LogP contribution in [0.5, 0.6) is 0 Å². The Balaban J connectivity index is 2.10. The first-order chi connectivity index (χ1) is 10.2. The second-order valence-electron chi connectivity index (χ2n) is 4.18. The number of urea groups is 1. The molecule has 0 saturated carbocycles. The molecule has 0 aromatic carbocycles. The maximum atomic E-state index is 12.4. The summed E-state index contributed by atoms with van der Waals surface area (Å²) in [7, 11) is 0. The van der Waals surface area contributed by atoms with Crippen LogP contribution in [0.3, 0.4) is 0 Å². The highest BCUT2D eigenvalue weighted by Crippen LogP contribution is 2.30. The normalized spacial score (nSPS) is 18.5. The third-order valence-corrected chi connectivity index (χ3v) is 3.52. The van der Waals surface area contributed by atoms with Gasteiger partial charge in [0.2, 0.25) is 6.04 Å². The molecule has 3 amide bonds. The van der Waals surface area contributed by atoms with Crippen molar-refractivity contribution in [2.75, 3.05) is 6.61 Å². The van der Waals surface area contributed by atoms with Gasteiger partial charge in [-0.25, -0.2) is 14.6 Å². The van der Waals surface area contributed by atoms with E-state index in [4.69, 9.17) is 0 Å². The maximum absolute atomic E-state index is 12.4. The number of alkyl halides is 3. The highest BCUT2D eigenvalue weighted by molar-refractivity contribution is 7.09. The van der Waals surface area contributed by atoms with Gasteiger partial charge >= 0.3 is 18.2 Å². The second-order valence-corrected chi connectivity index (χ2v) is 5.13. The number of nitrogens with zero attached hydrogens (tertiary/aromatic N) is 2. The fourth-order valence-corrected chi connectivity index (χ4v) is 2.49. The van der Waals surface area contributed by atoms with Crippen LogP contribution in [0.15, 0.2) is 5.38 Å². The molecule has 1 aliphatic rings. The predicted octanol–water partition coefficient (Wildman–Crippen LogP) is 1.15. The molecule has 120 valence electrons. The number of aromatic nitrogens is 1. The molecular formula is C11H10F3N3O4S. The van der Waals surface area contributed by atoms with Gasteiger partial charge in [0.05, 0.1) is 13.2 Å². The predicted molar refractivity (Wildman–Crippen MR) is 66.6 cm³/mol. The van der Waals surface area contributed by atoms with Crippen molar-refractivity contribution in [1.82, 2.24) is 15.2 Å². The molecule has 1 N–H and O–H groups in total. The molecule has 1 aromatic rings. The van der Waals surface area contributed by atoms with E-state index >= 15 is 0 Å². The van der Waals surface area contributed by atoms with Crippen LogP contribution in [0.1, 0.15) is 17.6 Å². The van der Waals surface area contributed by atoms with E-state index in [0.29, 0.717) is 16.2 Å². The summed E-state index contributed by atoms with van der Waals surface area (Å²) in [4.78, 5) is 39.0. The lowest BCUT2D eigenvalue weighted by Gasteiger charge is -2.10. The zero-order valence-electron chi connectivity index (χ0n) is 11.1. The van der Waals surface area contributed by atoms with Crippen molar-refractivity contribution in [2.24, 2.45) is 0 Å². The third-order valence-electron chi connectivity index (χ3n) is 2.68. The molecule has 1 fully saturated rings. The molecule has 22 heavy (non-hydrogen) atoms. The number of carbonyl (C=O) groups is 3. The van der Waals surface area contributed by atoms with Crippen LogP contribution >= 0.6 is 11.3 Å². The van der Waals surface area contributed by atoms with Gasteiger partial charge in [-0.1, -0.05) is 0 Å². The monoisotopic (exact) mass is 337 g/mol. The Bertz CT molecular complexity index is 616. The van der Waals surface area contributed by atoms with Gasteiger partial charge in [-0.3, -0.25) is 9.69 Å². The molecule has 0 radical (unpaired) electrons. The van der Waals surface area contributed by atoms with E-state index in [9.17, 15) is 27.6 Å². The van der Waals surface area contributed by atoms with E-state index in [-0.39, 0.29) is 11.6 Å². The van der Waals surface area contributed by atoms with Crippen LogP contribution in [0, 0.1) is 0 Å². The maximum Gasteiger partial charge on any atom is 0.434 e. The number of rotatable bonds is 4. The molecule has 0 bridgehead atoms. The first-order valence-electron chi connectivity index (χ1n) is 6.04. The Morgan fingerprint density at radius 1 is 1.50 bits per heavy atom. The van der Waals surface area contributed by atoms with Gasteiger partial charge in [0.25, 0.3) is 5.91 Å². The molecule has 7 nitrogen and oxygen atoms in total. The molecule has 1 saturated heterocycles. The minimum atomic E-state index is -4.60. The number of ether oxygens (including phenoxy) is 1. The van der Waals surface area contributed by atoms with E-state index in [1.165, 1.54) is 6.92 Å². The van der Waals surface area contributed by atoms with Crippen molar-refractivity contribution in [3.63, 3.8) is 0 Å². The summed E-state index contributed by atoms with van der Waals surface area (Å²) in [6.07, 6.45) is -4.60. The summed E-state index contributed by atoms with van der Waals surface area (Å²) < 4.78 is 42.0. The van der Waals surface area contributed by atoms with Gasteiger partial charge in [0.1, 0.15) is 5.01 Å². The van der Waals surface area contributed by atoms with E-state index < -0.39 is 42.4 Å². The quantitative estimate of drug-likeness (QED) is 0.506. The lowest BCUT2D eigenvalue weighted by Crippen LogP contribution is -2.39. The molecule has 0 spiro atoms. The Hall–Kier alpha value is -2.17. The summed E-state index contributed by atoms with van der Waals surface area (Å²) in [6.45, 7) is 1.12. The number of esters is 1. The summed E-state index contributed by atoms with van der Waals surface area (Å²) in [5.74, 6) is -1.80. The van der Waals surface area contributed by atoms with Crippen molar-refractivity contribution in [3.8, 4) is 0 Å². The standard InChI is InChI=1S/C11H10F3N3O4S/c1-2-21-9(19)7-8(18)17(10(20)16-7)3-6-15-5(4-22-6)11(12,13)14/h4,7H,2-3H2,1H3,(H,16,20). The van der Waals surface area contributed by atoms with Crippen LogP contribution in [-0.2, 0) is 27.0 Å². The van der Waals surface area contributed by atoms with Gasteiger partial charge in [0, 0.05) is 5.38 Å². The Kier molecular flexibility index (Phi) is 4.35. The zero-order chi connectivity index (χ0) is 16.5. The Labute approximate surface area is 126 Å². The first kappa shape index (κ1) is 16.2. The van der Waals surface area contributed by atoms with Crippen LogP contribution in [0.4, 0.5) is 18.0 Å². The molecule has 2 rings (SSSR count). The highest BCUT2D eigenvalue weighted by Gasteiger charge is 2.44. The first-order valence-corrected chi connectivity index (χ1v) is 6.92. The summed E-state index contributed by atoms with van der Waals surface area (Å²) in [5, 5.41) is 2.83. The smallest absolute Gasteiger partial charge is 0.434 e. The molecule has 11 heteroatoms. The van der Waals surface area contributed by atoms with E-state index in [1.54, 1.807) is 0 Å². The summed E-state index contributed by atoms with van der Waals surface area (Å²) >= 11 is 0.666. The number of nitrogens with one attached hydrogen (secondary N) is 1. The molecule has 1 aliphatic heterocycles. The Morgan fingerprint density at radius 2 is 2.18 bits per heavy atom. The van der Waals surface area contributed by atoms with Gasteiger partial charge in [0.15, 0.2) is 5.69 Å². The molecule has 1 aromatic heterocycles. The van der Waals surface area contributed by atoms with Crippen molar-refractivity contribution in [3.05, 3.63) is 16.1 Å². The van der Waals surface area contributed by atoms with Crippen molar-refractivity contribution in [1.29, 1.82) is 0 Å². The van der Waals surface area contributed by atoms with E-state index in [2.05, 4.69) is 15.0 Å². The molecule has 1 atom stereocenters. The van der Waals surface area contributed by atoms with Gasteiger partial charge in [-0.15, -0.1) is 11.3 Å². The highest BCUT2D eigenvalue weighted by atomic mass is 32.1. The number of carbonyl (C=O) groups excluding carboxylic acids is 3. The fraction of sp³-hybridized carbons (Fsp3) is 0.455. The number of halogens is 3. The fourth-order valence-electron chi connectivity index (χ4n) is 1.70. The van der Waals surface area contributed by atoms with Crippen LogP contribution in [-0.4, -0.2) is 40.4 Å². The van der Waals surface area contributed by atoms with Crippen LogP contribution < -0.4 is 5.32 Å². The topological polar surface area (TPSA) is 88.6 Å². The molecule has 1 unspecified atom stereocenters. The number of hydrogen-bond donors (Lipinski definition) is 1. The van der Waals surface area contributed by atoms with Crippen molar-refractivity contribution in [2.45, 2.75) is 25.7 Å². The van der Waals surface area contributed by atoms with Crippen molar-refractivity contribution < 1.29 is 32.3 Å². The van der Waals surface area contributed by atoms with Crippen LogP contribution in [0.25, 0.3) is 0 Å². The largest absolute Gasteiger partial charge is 0.464 e. The van der Waals surface area contributed by atoms with Gasteiger partial charge in [-0.2, -0.15) is 13.2 Å². The Morgan fingerprint density at radius 3 is 2.73 bits per heavy atom. The van der Waals surface area contributed by atoms with E-state index in [0.717, 1.165) is 5.38 Å². The average Bonchev–Trinajstić information content (AvgIpc) is 2.99. The molecular weight excluding hydrogens is 327 g/mol. The van der Waals surface area contributed by atoms with Crippen LogP contribution in [0.2, 0.25) is 0 Å². The van der Waals surface area contributed by atoms with Crippen molar-refractivity contribution >= 4 is 29.2 Å². The number of imide groups is 1. The number of hydrogen-bond acceptors (Lipinski definition) is 6. The molecule has 0 aliphatic carbocycles. The lowest BCUT2D eigenvalue weighted by atomic mass is 10.3. The summed E-state index contributed by atoms with van der Waals surface area (Å²) in [6, 6.07) is -2.36. The average molecular weight is 337 g/mol. The third kappa shape index (κ3) is 3.18. The SMILES string of the molecule is CCOC(=O)C1NC(=O)N(Cc2nc(C(F)(F)F)cs2)C1=O. The summed E-state index contributed by atoms with van der Waals surface area (Å²) in [5.41, 5.74) is -1.10. The number of amides is 3. The van der Waals surface area contributed by atoms with Gasteiger partial charge in [-0.05, 0) is 6.92 Å². The zero-order valence-corrected chi connectivity index (χ0v) is 12.0. The molecule has 2 heterocycles. The lowest BCUT2D eigenvalue weighted by molar-refractivity contribution is -0.149. The number of thiazole rings is 1.